The number of benzene rings is 2. The summed E-state index contributed by atoms with van der Waals surface area (Å²) in [5, 5.41) is 9.37. The minimum Gasteiger partial charge on any atom is -0.508 e. The van der Waals surface area contributed by atoms with Gasteiger partial charge in [0.1, 0.15) is 5.75 Å². The molecule has 0 saturated heterocycles. The maximum absolute atomic E-state index is 9.37. The van der Waals surface area contributed by atoms with Crippen LogP contribution in [0.3, 0.4) is 0 Å². The molecule has 0 aromatic heterocycles. The second-order valence-electron chi connectivity index (χ2n) is 5.01. The fourth-order valence-electron chi connectivity index (χ4n) is 2.40. The van der Waals surface area contributed by atoms with Gasteiger partial charge in [-0.15, -0.1) is 0 Å². The van der Waals surface area contributed by atoms with Gasteiger partial charge in [0, 0.05) is 0 Å². The molecule has 0 saturated carbocycles. The van der Waals surface area contributed by atoms with Gasteiger partial charge in [0.05, 0.1) is 0 Å². The van der Waals surface area contributed by atoms with Crippen molar-refractivity contribution >= 4 is 0 Å². The van der Waals surface area contributed by atoms with Crippen LogP contribution in [0.1, 0.15) is 38.2 Å². The van der Waals surface area contributed by atoms with Gasteiger partial charge in [0.2, 0.25) is 0 Å². The summed E-state index contributed by atoms with van der Waals surface area (Å²) in [6.45, 7) is 2.24. The Bertz CT molecular complexity index is 499. The summed E-state index contributed by atoms with van der Waals surface area (Å²) in [6, 6.07) is 16.1. The highest BCUT2D eigenvalue weighted by Crippen LogP contribution is 2.26. The van der Waals surface area contributed by atoms with Crippen molar-refractivity contribution in [1.82, 2.24) is 0 Å². The Morgan fingerprint density at radius 2 is 1.58 bits per heavy atom. The largest absolute Gasteiger partial charge is 0.508 e. The lowest BCUT2D eigenvalue weighted by Gasteiger charge is -2.09. The molecule has 0 bridgehead atoms. The molecule has 2 aromatic carbocycles. The van der Waals surface area contributed by atoms with Crippen LogP contribution in [0, 0.1) is 0 Å². The van der Waals surface area contributed by atoms with E-state index in [9.17, 15) is 5.11 Å². The number of hydrogen-bond donors (Lipinski definition) is 1. The standard InChI is InChI=1S/C18H22O/c1-2-3-4-5-8-15-9-6-7-10-18(15)16-11-13-17(19)14-12-16/h6-7,9-14,19H,2-5,8H2,1H3. The van der Waals surface area contributed by atoms with Crippen LogP contribution >= 0.6 is 0 Å². The molecule has 0 amide bonds. The Labute approximate surface area is 115 Å². The van der Waals surface area contributed by atoms with Gasteiger partial charge in [-0.3, -0.25) is 0 Å². The Kier molecular flexibility index (Phi) is 5.02. The second-order valence-corrected chi connectivity index (χ2v) is 5.01. The lowest BCUT2D eigenvalue weighted by molar-refractivity contribution is 0.475. The molecule has 0 fully saturated rings. The van der Waals surface area contributed by atoms with Crippen LogP contribution in [0.2, 0.25) is 0 Å². The number of aromatic hydroxyl groups is 1. The molecule has 0 aliphatic heterocycles. The summed E-state index contributed by atoms with van der Waals surface area (Å²) in [4.78, 5) is 0. The molecule has 0 unspecified atom stereocenters. The molecule has 0 radical (unpaired) electrons. The summed E-state index contributed by atoms with van der Waals surface area (Å²) in [5.74, 6) is 0.323. The number of phenolic OH excluding ortho intramolecular Hbond substituents is 1. The van der Waals surface area contributed by atoms with Gasteiger partial charge in [-0.2, -0.15) is 0 Å². The Morgan fingerprint density at radius 3 is 2.32 bits per heavy atom. The zero-order chi connectivity index (χ0) is 13.5. The maximum atomic E-state index is 9.37. The molecule has 0 aliphatic rings. The molecular weight excluding hydrogens is 232 g/mol. The van der Waals surface area contributed by atoms with Crippen molar-refractivity contribution < 1.29 is 5.11 Å². The third-order valence-corrected chi connectivity index (χ3v) is 3.50. The van der Waals surface area contributed by atoms with E-state index >= 15 is 0 Å². The molecule has 19 heavy (non-hydrogen) atoms. The molecule has 1 heteroatoms. The lowest BCUT2D eigenvalue weighted by Crippen LogP contribution is -1.90. The number of rotatable bonds is 6. The van der Waals surface area contributed by atoms with E-state index in [1.807, 2.05) is 12.1 Å². The van der Waals surface area contributed by atoms with E-state index in [4.69, 9.17) is 0 Å². The SMILES string of the molecule is CCCCCCc1ccccc1-c1ccc(O)cc1. The van der Waals surface area contributed by atoms with Gasteiger partial charge in [0.25, 0.3) is 0 Å². The highest BCUT2D eigenvalue weighted by atomic mass is 16.3. The van der Waals surface area contributed by atoms with Crippen LogP contribution in [0.15, 0.2) is 48.5 Å². The highest BCUT2D eigenvalue weighted by molar-refractivity contribution is 5.67. The van der Waals surface area contributed by atoms with Crippen molar-refractivity contribution in [2.24, 2.45) is 0 Å². The molecule has 0 heterocycles. The zero-order valence-corrected chi connectivity index (χ0v) is 11.6. The van der Waals surface area contributed by atoms with Crippen molar-refractivity contribution in [2.75, 3.05) is 0 Å². The molecule has 1 nitrogen and oxygen atoms in total. The average molecular weight is 254 g/mol. The highest BCUT2D eigenvalue weighted by Gasteiger charge is 2.04. The average Bonchev–Trinajstić information content (AvgIpc) is 2.45. The monoisotopic (exact) mass is 254 g/mol. The van der Waals surface area contributed by atoms with E-state index < -0.39 is 0 Å². The Morgan fingerprint density at radius 1 is 0.842 bits per heavy atom. The Balaban J connectivity index is 2.14. The van der Waals surface area contributed by atoms with Crippen LogP contribution in [-0.4, -0.2) is 5.11 Å². The van der Waals surface area contributed by atoms with E-state index in [-0.39, 0.29) is 0 Å². The summed E-state index contributed by atoms with van der Waals surface area (Å²) in [6.07, 6.45) is 6.29. The zero-order valence-electron chi connectivity index (χ0n) is 11.6. The molecule has 0 spiro atoms. The van der Waals surface area contributed by atoms with Crippen LogP contribution in [-0.2, 0) is 6.42 Å². The maximum Gasteiger partial charge on any atom is 0.115 e. The van der Waals surface area contributed by atoms with E-state index in [1.165, 1.54) is 42.4 Å². The Hall–Kier alpha value is -1.76. The van der Waals surface area contributed by atoms with Crippen molar-refractivity contribution in [3.63, 3.8) is 0 Å². The third kappa shape index (κ3) is 3.85. The van der Waals surface area contributed by atoms with Crippen molar-refractivity contribution in [3.8, 4) is 16.9 Å². The fourth-order valence-corrected chi connectivity index (χ4v) is 2.40. The van der Waals surface area contributed by atoms with E-state index in [1.54, 1.807) is 12.1 Å². The molecule has 0 aliphatic carbocycles. The van der Waals surface area contributed by atoms with Crippen LogP contribution in [0.4, 0.5) is 0 Å². The predicted molar refractivity (Wildman–Crippen MR) is 81.4 cm³/mol. The molecule has 0 atom stereocenters. The molecule has 100 valence electrons. The third-order valence-electron chi connectivity index (χ3n) is 3.50. The molecule has 1 N–H and O–H groups in total. The minimum atomic E-state index is 0.323. The van der Waals surface area contributed by atoms with Crippen molar-refractivity contribution in [1.29, 1.82) is 0 Å². The predicted octanol–water partition coefficient (Wildman–Crippen LogP) is 5.18. The smallest absolute Gasteiger partial charge is 0.115 e. The van der Waals surface area contributed by atoms with Crippen molar-refractivity contribution in [3.05, 3.63) is 54.1 Å². The summed E-state index contributed by atoms with van der Waals surface area (Å²) in [5.41, 5.74) is 3.88. The number of unbranched alkanes of at least 4 members (excludes halogenated alkanes) is 3. The summed E-state index contributed by atoms with van der Waals surface area (Å²) in [7, 11) is 0. The number of hydrogen-bond acceptors (Lipinski definition) is 1. The first kappa shape index (κ1) is 13.7. The van der Waals surface area contributed by atoms with E-state index in [0.717, 1.165) is 6.42 Å². The summed E-state index contributed by atoms with van der Waals surface area (Å²) < 4.78 is 0. The molecular formula is C18H22O. The fraction of sp³-hybridized carbons (Fsp3) is 0.333. The van der Waals surface area contributed by atoms with Crippen LogP contribution < -0.4 is 0 Å². The number of aryl methyl sites for hydroxylation is 1. The van der Waals surface area contributed by atoms with Gasteiger partial charge < -0.3 is 5.11 Å². The first-order valence-electron chi connectivity index (χ1n) is 7.18. The van der Waals surface area contributed by atoms with Crippen molar-refractivity contribution in [2.45, 2.75) is 39.0 Å². The second kappa shape index (κ2) is 6.98. The van der Waals surface area contributed by atoms with Gasteiger partial charge >= 0.3 is 0 Å². The van der Waals surface area contributed by atoms with E-state index in [0.29, 0.717) is 5.75 Å². The quantitative estimate of drug-likeness (QED) is 0.704. The lowest BCUT2D eigenvalue weighted by atomic mass is 9.96. The first-order chi connectivity index (χ1) is 9.31. The number of phenols is 1. The minimum absolute atomic E-state index is 0.323. The van der Waals surface area contributed by atoms with Gasteiger partial charge in [-0.25, -0.2) is 0 Å². The van der Waals surface area contributed by atoms with Crippen LogP contribution in [0.5, 0.6) is 5.75 Å². The topological polar surface area (TPSA) is 20.2 Å². The molecule has 2 aromatic rings. The molecule has 2 rings (SSSR count). The normalized spacial score (nSPS) is 10.6. The summed E-state index contributed by atoms with van der Waals surface area (Å²) >= 11 is 0. The first-order valence-corrected chi connectivity index (χ1v) is 7.18. The van der Waals surface area contributed by atoms with Gasteiger partial charge in [-0.05, 0) is 41.7 Å². The van der Waals surface area contributed by atoms with Gasteiger partial charge in [-0.1, -0.05) is 62.6 Å². The van der Waals surface area contributed by atoms with Crippen LogP contribution in [0.25, 0.3) is 11.1 Å². The van der Waals surface area contributed by atoms with E-state index in [2.05, 4.69) is 31.2 Å². The van der Waals surface area contributed by atoms with Gasteiger partial charge in [0.15, 0.2) is 0 Å².